The van der Waals surface area contributed by atoms with Crippen LogP contribution in [0, 0.1) is 13.0 Å². The molecule has 0 bridgehead atoms. The number of hydrogen-bond acceptors (Lipinski definition) is 0. The number of aryl methyl sites for hydroxylation is 1. The Labute approximate surface area is 110 Å². The zero-order valence-corrected chi connectivity index (χ0v) is 10.8. The standard InChI is InChI=1S/C13H8Cl3/c1-8-4-2-6-10(14)12(8)9-5-3-7-11(15)13(9)16/h2-3,5-7H,1H3. The largest absolute Gasteiger partial charge is 0.0837 e. The van der Waals surface area contributed by atoms with Crippen LogP contribution in [0.15, 0.2) is 30.3 Å². The molecule has 0 saturated heterocycles. The molecule has 0 aromatic heterocycles. The highest BCUT2D eigenvalue weighted by Gasteiger charge is 2.12. The van der Waals surface area contributed by atoms with Crippen molar-refractivity contribution in [2.24, 2.45) is 0 Å². The summed E-state index contributed by atoms with van der Waals surface area (Å²) in [5.41, 5.74) is 2.68. The lowest BCUT2D eigenvalue weighted by molar-refractivity contribution is 1.45. The van der Waals surface area contributed by atoms with Gasteiger partial charge in [0.2, 0.25) is 0 Å². The average molecular weight is 271 g/mol. The van der Waals surface area contributed by atoms with Crippen molar-refractivity contribution in [3.05, 3.63) is 57.0 Å². The number of rotatable bonds is 1. The fourth-order valence-corrected chi connectivity index (χ4v) is 2.30. The Balaban J connectivity index is 2.73. The molecule has 0 aliphatic rings. The summed E-state index contributed by atoms with van der Waals surface area (Å²) in [6.45, 7) is 1.94. The Bertz CT molecular complexity index is 512. The van der Waals surface area contributed by atoms with Crippen LogP contribution in [0.2, 0.25) is 15.1 Å². The van der Waals surface area contributed by atoms with E-state index < -0.39 is 0 Å². The maximum atomic E-state index is 6.17. The highest BCUT2D eigenvalue weighted by molar-refractivity contribution is 6.44. The molecular weight excluding hydrogens is 263 g/mol. The minimum absolute atomic E-state index is 0.522. The SMILES string of the molecule is Cc1[c]ccc(Cl)c1-c1cccc(Cl)c1Cl. The van der Waals surface area contributed by atoms with Crippen molar-refractivity contribution in [2.45, 2.75) is 6.92 Å². The minimum Gasteiger partial charge on any atom is -0.0837 e. The van der Waals surface area contributed by atoms with Gasteiger partial charge in [0.1, 0.15) is 0 Å². The second-order valence-electron chi connectivity index (χ2n) is 3.43. The van der Waals surface area contributed by atoms with Crippen LogP contribution in [-0.2, 0) is 0 Å². The van der Waals surface area contributed by atoms with Gasteiger partial charge in [-0.2, -0.15) is 0 Å². The third-order valence-corrected chi connectivity index (χ3v) is 3.50. The van der Waals surface area contributed by atoms with Crippen molar-refractivity contribution < 1.29 is 0 Å². The predicted octanol–water partition coefficient (Wildman–Crippen LogP) is 5.42. The van der Waals surface area contributed by atoms with Gasteiger partial charge in [-0.05, 0) is 30.7 Å². The Morgan fingerprint density at radius 3 is 2.44 bits per heavy atom. The second-order valence-corrected chi connectivity index (χ2v) is 4.62. The Kier molecular flexibility index (Phi) is 3.44. The lowest BCUT2D eigenvalue weighted by Gasteiger charge is -2.10. The monoisotopic (exact) mass is 269 g/mol. The maximum absolute atomic E-state index is 6.17. The van der Waals surface area contributed by atoms with E-state index in [0.29, 0.717) is 15.1 Å². The highest BCUT2D eigenvalue weighted by Crippen LogP contribution is 2.38. The average Bonchev–Trinajstić information content (AvgIpc) is 2.24. The van der Waals surface area contributed by atoms with Crippen molar-refractivity contribution in [3.63, 3.8) is 0 Å². The van der Waals surface area contributed by atoms with Crippen molar-refractivity contribution in [1.29, 1.82) is 0 Å². The molecule has 0 nitrogen and oxygen atoms in total. The van der Waals surface area contributed by atoms with E-state index in [0.717, 1.165) is 16.7 Å². The van der Waals surface area contributed by atoms with Crippen LogP contribution >= 0.6 is 34.8 Å². The van der Waals surface area contributed by atoms with E-state index in [1.54, 1.807) is 18.2 Å². The van der Waals surface area contributed by atoms with Gasteiger partial charge in [0.25, 0.3) is 0 Å². The van der Waals surface area contributed by atoms with Crippen LogP contribution in [0.1, 0.15) is 5.56 Å². The molecule has 0 heterocycles. The van der Waals surface area contributed by atoms with Crippen molar-refractivity contribution in [1.82, 2.24) is 0 Å². The molecule has 16 heavy (non-hydrogen) atoms. The maximum Gasteiger partial charge on any atom is 0.0671 e. The van der Waals surface area contributed by atoms with Gasteiger partial charge in [0.05, 0.1) is 10.0 Å². The molecule has 0 aliphatic heterocycles. The van der Waals surface area contributed by atoms with E-state index in [1.165, 1.54) is 0 Å². The number of benzene rings is 2. The first kappa shape index (κ1) is 11.8. The molecule has 81 valence electrons. The fraction of sp³-hybridized carbons (Fsp3) is 0.0769. The van der Waals surface area contributed by atoms with Crippen LogP contribution < -0.4 is 0 Å². The first-order valence-corrected chi connectivity index (χ1v) is 5.86. The van der Waals surface area contributed by atoms with Crippen molar-refractivity contribution in [3.8, 4) is 11.1 Å². The van der Waals surface area contributed by atoms with Gasteiger partial charge < -0.3 is 0 Å². The van der Waals surface area contributed by atoms with Gasteiger partial charge in [-0.1, -0.05) is 53.0 Å². The fourth-order valence-electron chi connectivity index (χ4n) is 1.60. The summed E-state index contributed by atoms with van der Waals surface area (Å²) >= 11 is 18.3. The lowest BCUT2D eigenvalue weighted by atomic mass is 10.0. The first-order chi connectivity index (χ1) is 7.61. The van der Waals surface area contributed by atoms with Crippen LogP contribution in [0.4, 0.5) is 0 Å². The highest BCUT2D eigenvalue weighted by atomic mass is 35.5. The quantitative estimate of drug-likeness (QED) is 0.649. The summed E-state index contributed by atoms with van der Waals surface area (Å²) in [7, 11) is 0. The smallest absolute Gasteiger partial charge is 0.0671 e. The van der Waals surface area contributed by atoms with E-state index in [-0.39, 0.29) is 0 Å². The van der Waals surface area contributed by atoms with Crippen LogP contribution in [0.3, 0.4) is 0 Å². The number of hydrogen-bond donors (Lipinski definition) is 0. The second kappa shape index (κ2) is 4.67. The van der Waals surface area contributed by atoms with Gasteiger partial charge in [-0.15, -0.1) is 0 Å². The van der Waals surface area contributed by atoms with E-state index in [4.69, 9.17) is 34.8 Å². The molecule has 0 N–H and O–H groups in total. The zero-order valence-electron chi connectivity index (χ0n) is 8.52. The normalized spacial score (nSPS) is 10.5. The molecule has 0 fully saturated rings. The molecular formula is C13H8Cl3. The van der Waals surface area contributed by atoms with Crippen LogP contribution in [-0.4, -0.2) is 0 Å². The van der Waals surface area contributed by atoms with Crippen molar-refractivity contribution >= 4 is 34.8 Å². The van der Waals surface area contributed by atoms with Crippen LogP contribution in [0.5, 0.6) is 0 Å². The molecule has 0 unspecified atom stereocenters. The summed E-state index contributed by atoms with van der Waals surface area (Å²) in [5.74, 6) is 0. The summed E-state index contributed by atoms with van der Waals surface area (Å²) in [5, 5.41) is 1.70. The molecule has 2 aromatic carbocycles. The summed E-state index contributed by atoms with van der Waals surface area (Å²) in [4.78, 5) is 0. The Morgan fingerprint density at radius 2 is 1.75 bits per heavy atom. The Hall–Kier alpha value is -0.690. The topological polar surface area (TPSA) is 0 Å². The third kappa shape index (κ3) is 2.06. The van der Waals surface area contributed by atoms with E-state index in [1.807, 2.05) is 19.1 Å². The molecule has 0 amide bonds. The summed E-state index contributed by atoms with van der Waals surface area (Å²) < 4.78 is 0. The predicted molar refractivity (Wildman–Crippen MR) is 70.5 cm³/mol. The molecule has 2 aromatic rings. The molecule has 0 spiro atoms. The summed E-state index contributed by atoms with van der Waals surface area (Å²) in [6.07, 6.45) is 0. The Morgan fingerprint density at radius 1 is 1.00 bits per heavy atom. The van der Waals surface area contributed by atoms with Gasteiger partial charge in [-0.3, -0.25) is 0 Å². The molecule has 0 atom stereocenters. The van der Waals surface area contributed by atoms with Crippen LogP contribution in [0.25, 0.3) is 11.1 Å². The van der Waals surface area contributed by atoms with Gasteiger partial charge in [0.15, 0.2) is 0 Å². The lowest BCUT2D eigenvalue weighted by Crippen LogP contribution is -1.86. The minimum atomic E-state index is 0.522. The molecule has 3 heteroatoms. The van der Waals surface area contributed by atoms with E-state index in [2.05, 4.69) is 6.07 Å². The van der Waals surface area contributed by atoms with Gasteiger partial charge in [0, 0.05) is 16.1 Å². The summed E-state index contributed by atoms with van der Waals surface area (Å²) in [6, 6.07) is 12.2. The third-order valence-electron chi connectivity index (χ3n) is 2.36. The molecule has 0 saturated carbocycles. The number of halogens is 3. The molecule has 0 aliphatic carbocycles. The van der Waals surface area contributed by atoms with Gasteiger partial charge >= 0.3 is 0 Å². The van der Waals surface area contributed by atoms with E-state index in [9.17, 15) is 0 Å². The van der Waals surface area contributed by atoms with Gasteiger partial charge in [-0.25, -0.2) is 0 Å². The van der Waals surface area contributed by atoms with Crippen molar-refractivity contribution in [2.75, 3.05) is 0 Å². The molecule has 2 rings (SSSR count). The first-order valence-electron chi connectivity index (χ1n) is 4.72. The molecule has 1 radical (unpaired) electrons. The zero-order chi connectivity index (χ0) is 11.7. The van der Waals surface area contributed by atoms with E-state index >= 15 is 0 Å².